The molecule has 0 unspecified atom stereocenters. The van der Waals surface area contributed by atoms with E-state index < -0.39 is 29.1 Å². The maximum absolute atomic E-state index is 14.4. The number of fused-ring (bicyclic) bond motifs is 1. The SMILES string of the molecule is CCOC(=O)NNC(=O)CCCn1c(=O)n(Cc2ccccc2F)c(=O)c2[nH]c(Cc3ccc(NC(C)=O)cc3)nc21. The maximum atomic E-state index is 14.4. The maximum Gasteiger partial charge on any atom is 0.426 e. The third kappa shape index (κ3) is 7.27. The first-order valence-electron chi connectivity index (χ1n) is 13.2. The molecule has 4 rings (SSSR count). The number of hydrogen-bond donors (Lipinski definition) is 4. The molecule has 14 heteroatoms. The van der Waals surface area contributed by atoms with Crippen LogP contribution in [0.2, 0.25) is 0 Å². The fourth-order valence-corrected chi connectivity index (χ4v) is 4.29. The molecule has 13 nitrogen and oxygen atoms in total. The van der Waals surface area contributed by atoms with Gasteiger partial charge in [0.05, 0.1) is 13.2 Å². The first-order chi connectivity index (χ1) is 20.2. The summed E-state index contributed by atoms with van der Waals surface area (Å²) in [5.74, 6) is -0.869. The molecule has 0 aliphatic carbocycles. The number of aryl methyl sites for hydroxylation is 1. The Hall–Kier alpha value is -5.27. The molecule has 42 heavy (non-hydrogen) atoms. The third-order valence-corrected chi connectivity index (χ3v) is 6.21. The molecule has 0 radical (unpaired) electrons. The number of aromatic nitrogens is 4. The summed E-state index contributed by atoms with van der Waals surface area (Å²) in [6.07, 6.45) is -0.420. The number of carbonyl (C=O) groups excluding carboxylic acids is 3. The predicted molar refractivity (Wildman–Crippen MR) is 151 cm³/mol. The molecule has 0 aliphatic rings. The molecule has 220 valence electrons. The van der Waals surface area contributed by atoms with Gasteiger partial charge in [0.1, 0.15) is 17.2 Å². The molecular formula is C28H30FN7O6. The minimum absolute atomic E-state index is 0.00934. The van der Waals surface area contributed by atoms with Crippen molar-refractivity contribution in [3.05, 3.63) is 92.1 Å². The number of hydrogen-bond acceptors (Lipinski definition) is 7. The van der Waals surface area contributed by atoms with Gasteiger partial charge < -0.3 is 15.0 Å². The molecule has 2 heterocycles. The van der Waals surface area contributed by atoms with E-state index in [0.29, 0.717) is 11.5 Å². The zero-order valence-corrected chi connectivity index (χ0v) is 23.0. The number of carbonyl (C=O) groups is 3. The minimum Gasteiger partial charge on any atom is -0.449 e. The first kappa shape index (κ1) is 29.7. The molecule has 0 saturated heterocycles. The number of imidazole rings is 1. The van der Waals surface area contributed by atoms with E-state index in [1.54, 1.807) is 37.3 Å². The van der Waals surface area contributed by atoms with Crippen molar-refractivity contribution in [1.82, 2.24) is 30.0 Å². The summed E-state index contributed by atoms with van der Waals surface area (Å²) in [4.78, 5) is 69.3. The Labute approximate surface area is 238 Å². The van der Waals surface area contributed by atoms with Gasteiger partial charge in [-0.15, -0.1) is 0 Å². The summed E-state index contributed by atoms with van der Waals surface area (Å²) in [5.41, 5.74) is 4.73. The van der Waals surface area contributed by atoms with Gasteiger partial charge in [-0.2, -0.15) is 0 Å². The number of amides is 3. The van der Waals surface area contributed by atoms with Crippen LogP contribution in [0.5, 0.6) is 0 Å². The van der Waals surface area contributed by atoms with Gasteiger partial charge in [0, 0.05) is 37.6 Å². The van der Waals surface area contributed by atoms with E-state index in [-0.39, 0.29) is 61.6 Å². The highest BCUT2D eigenvalue weighted by Gasteiger charge is 2.19. The normalized spacial score (nSPS) is 10.8. The van der Waals surface area contributed by atoms with Crippen molar-refractivity contribution in [2.75, 3.05) is 11.9 Å². The van der Waals surface area contributed by atoms with Crippen LogP contribution in [0.15, 0.2) is 58.1 Å². The lowest BCUT2D eigenvalue weighted by atomic mass is 10.1. The number of H-pyrrole nitrogens is 1. The third-order valence-electron chi connectivity index (χ3n) is 6.21. The number of halogens is 1. The Bertz CT molecular complexity index is 1730. The molecule has 2 aromatic carbocycles. The molecule has 0 aliphatic heterocycles. The van der Waals surface area contributed by atoms with E-state index in [1.165, 1.54) is 29.7 Å². The quantitative estimate of drug-likeness (QED) is 0.209. The lowest BCUT2D eigenvalue weighted by Gasteiger charge is -2.12. The van der Waals surface area contributed by atoms with Crippen molar-refractivity contribution >= 4 is 34.8 Å². The molecule has 0 atom stereocenters. The molecule has 2 aromatic heterocycles. The van der Waals surface area contributed by atoms with Crippen molar-refractivity contribution in [2.45, 2.75) is 46.2 Å². The summed E-state index contributed by atoms with van der Waals surface area (Å²) >= 11 is 0. The van der Waals surface area contributed by atoms with Crippen LogP contribution in [0, 0.1) is 5.82 Å². The molecule has 3 amide bonds. The summed E-state index contributed by atoms with van der Waals surface area (Å²) in [6, 6.07) is 12.9. The molecular weight excluding hydrogens is 549 g/mol. The van der Waals surface area contributed by atoms with Gasteiger partial charge in [-0.1, -0.05) is 30.3 Å². The smallest absolute Gasteiger partial charge is 0.426 e. The molecule has 4 aromatic rings. The monoisotopic (exact) mass is 579 g/mol. The highest BCUT2D eigenvalue weighted by atomic mass is 19.1. The van der Waals surface area contributed by atoms with Crippen molar-refractivity contribution in [3.8, 4) is 0 Å². The highest BCUT2D eigenvalue weighted by molar-refractivity contribution is 5.88. The lowest BCUT2D eigenvalue weighted by molar-refractivity contribution is -0.122. The number of hydrazine groups is 1. The van der Waals surface area contributed by atoms with E-state index in [0.717, 1.165) is 10.1 Å². The second-order valence-electron chi connectivity index (χ2n) is 9.35. The second kappa shape index (κ2) is 13.4. The van der Waals surface area contributed by atoms with Crippen molar-refractivity contribution in [3.63, 3.8) is 0 Å². The Morgan fingerprint density at radius 2 is 1.76 bits per heavy atom. The zero-order chi connectivity index (χ0) is 30.2. The van der Waals surface area contributed by atoms with E-state index in [4.69, 9.17) is 0 Å². The van der Waals surface area contributed by atoms with Gasteiger partial charge in [0.15, 0.2) is 5.65 Å². The Balaban J connectivity index is 1.63. The van der Waals surface area contributed by atoms with Crippen molar-refractivity contribution in [2.24, 2.45) is 0 Å². The molecule has 0 bridgehead atoms. The highest BCUT2D eigenvalue weighted by Crippen LogP contribution is 2.15. The number of anilines is 1. The van der Waals surface area contributed by atoms with E-state index in [2.05, 4.69) is 30.9 Å². The number of aromatic amines is 1. The summed E-state index contributed by atoms with van der Waals surface area (Å²) in [6.45, 7) is 2.87. The predicted octanol–water partition coefficient (Wildman–Crippen LogP) is 2.18. The Morgan fingerprint density at radius 3 is 2.45 bits per heavy atom. The Morgan fingerprint density at radius 1 is 1.02 bits per heavy atom. The van der Waals surface area contributed by atoms with Crippen molar-refractivity contribution in [1.29, 1.82) is 0 Å². The van der Waals surface area contributed by atoms with Gasteiger partial charge in [-0.3, -0.25) is 28.9 Å². The van der Waals surface area contributed by atoms with Crippen LogP contribution in [0.25, 0.3) is 11.2 Å². The lowest BCUT2D eigenvalue weighted by Crippen LogP contribution is -2.42. The fraction of sp³-hybridized carbons (Fsp3) is 0.286. The van der Waals surface area contributed by atoms with Crippen molar-refractivity contribution < 1.29 is 23.5 Å². The minimum atomic E-state index is -0.808. The van der Waals surface area contributed by atoms with E-state index in [1.807, 2.05) is 0 Å². The van der Waals surface area contributed by atoms with Crippen LogP contribution in [-0.4, -0.2) is 43.6 Å². The summed E-state index contributed by atoms with van der Waals surface area (Å²) in [7, 11) is 0. The van der Waals surface area contributed by atoms with Crippen LogP contribution in [0.1, 0.15) is 43.6 Å². The van der Waals surface area contributed by atoms with Gasteiger partial charge in [-0.25, -0.2) is 24.4 Å². The van der Waals surface area contributed by atoms with Gasteiger partial charge >= 0.3 is 11.8 Å². The van der Waals surface area contributed by atoms with Crippen LogP contribution >= 0.6 is 0 Å². The number of benzene rings is 2. The van der Waals surface area contributed by atoms with Gasteiger partial charge in [0.2, 0.25) is 11.8 Å². The van der Waals surface area contributed by atoms with Crippen LogP contribution in [-0.2, 0) is 33.8 Å². The van der Waals surface area contributed by atoms with Crippen LogP contribution in [0.3, 0.4) is 0 Å². The average molecular weight is 580 g/mol. The van der Waals surface area contributed by atoms with Gasteiger partial charge in [-0.05, 0) is 37.1 Å². The second-order valence-corrected chi connectivity index (χ2v) is 9.35. The summed E-state index contributed by atoms with van der Waals surface area (Å²) < 4.78 is 21.3. The van der Waals surface area contributed by atoms with Crippen LogP contribution < -0.4 is 27.4 Å². The topological polar surface area (TPSA) is 169 Å². The number of nitrogens with one attached hydrogen (secondary N) is 4. The number of ether oxygens (including phenoxy) is 1. The molecule has 4 N–H and O–H groups in total. The standard InChI is InChI=1S/C28H30FN7O6/c1-3-42-27(40)34-33-23(38)9-6-14-35-25-24(26(39)36(28(35)41)16-19-7-4-5-8-21(19)29)31-22(32-25)15-18-10-12-20(13-11-18)30-17(2)37/h4-5,7-8,10-13H,3,6,9,14-16H2,1-2H3,(H,30,37)(H,31,32)(H,33,38)(H,34,40). The molecule has 0 spiro atoms. The molecule has 0 saturated carbocycles. The van der Waals surface area contributed by atoms with Gasteiger partial charge in [0.25, 0.3) is 5.56 Å². The largest absolute Gasteiger partial charge is 0.449 e. The fourth-order valence-electron chi connectivity index (χ4n) is 4.29. The Kier molecular flexibility index (Phi) is 9.47. The average Bonchev–Trinajstić information content (AvgIpc) is 3.37. The first-order valence-corrected chi connectivity index (χ1v) is 13.2. The zero-order valence-electron chi connectivity index (χ0n) is 23.0. The molecule has 0 fully saturated rings. The van der Waals surface area contributed by atoms with E-state index in [9.17, 15) is 28.4 Å². The number of nitrogens with zero attached hydrogens (tertiary/aromatic N) is 3. The van der Waals surface area contributed by atoms with E-state index >= 15 is 0 Å². The van der Waals surface area contributed by atoms with Crippen LogP contribution in [0.4, 0.5) is 14.9 Å². The number of rotatable bonds is 10. The summed E-state index contributed by atoms with van der Waals surface area (Å²) in [5, 5.41) is 2.69.